The van der Waals surface area contributed by atoms with Crippen molar-refractivity contribution in [2.24, 2.45) is 0 Å². The lowest BCUT2D eigenvalue weighted by molar-refractivity contribution is -0.130. The van der Waals surface area contributed by atoms with Crippen molar-refractivity contribution >= 4 is 40.4 Å². The smallest absolute Gasteiger partial charge is 0.247 e. The molecule has 1 aromatic heterocycles. The summed E-state index contributed by atoms with van der Waals surface area (Å²) in [7, 11) is 0. The lowest BCUT2D eigenvalue weighted by Crippen LogP contribution is -2.34. The van der Waals surface area contributed by atoms with Crippen LogP contribution in [0, 0.1) is 0 Å². The van der Waals surface area contributed by atoms with E-state index < -0.39 is 5.38 Å². The SMILES string of the molecule is O=C(C(Cl)c1ncc(Cl)s1)N1CCCCCC1. The van der Waals surface area contributed by atoms with Crippen molar-refractivity contribution in [1.29, 1.82) is 0 Å². The molecule has 0 aromatic carbocycles. The van der Waals surface area contributed by atoms with Gasteiger partial charge in [0, 0.05) is 13.1 Å². The lowest BCUT2D eigenvalue weighted by atomic mass is 10.2. The predicted octanol–water partition coefficient (Wildman–Crippen LogP) is 3.48. The number of likely N-dealkylation sites (tertiary alicyclic amines) is 1. The Balaban J connectivity index is 2.03. The summed E-state index contributed by atoms with van der Waals surface area (Å²) in [4.78, 5) is 18.1. The number of nitrogens with zero attached hydrogens (tertiary/aromatic N) is 2. The highest BCUT2D eigenvalue weighted by molar-refractivity contribution is 7.16. The maximum absolute atomic E-state index is 12.2. The number of hydrogen-bond acceptors (Lipinski definition) is 3. The van der Waals surface area contributed by atoms with Crippen LogP contribution in [-0.4, -0.2) is 28.9 Å². The standard InChI is InChI=1S/C11H14Cl2N2OS/c12-8-7-14-10(17-8)9(13)11(16)15-5-3-1-2-4-6-15/h7,9H,1-6H2. The number of rotatable bonds is 2. The molecule has 1 atom stereocenters. The fraction of sp³-hybridized carbons (Fsp3) is 0.636. The third kappa shape index (κ3) is 3.33. The number of thiazole rings is 1. The highest BCUT2D eigenvalue weighted by Gasteiger charge is 2.26. The Bertz CT molecular complexity index is 389. The van der Waals surface area contributed by atoms with Crippen LogP contribution in [0.15, 0.2) is 6.20 Å². The van der Waals surface area contributed by atoms with Gasteiger partial charge in [0.15, 0.2) is 5.38 Å². The van der Waals surface area contributed by atoms with Crippen molar-refractivity contribution < 1.29 is 4.79 Å². The van der Waals surface area contributed by atoms with E-state index in [-0.39, 0.29) is 5.91 Å². The average Bonchev–Trinajstić information content (AvgIpc) is 2.60. The summed E-state index contributed by atoms with van der Waals surface area (Å²) in [5, 5.41) is -0.100. The van der Waals surface area contributed by atoms with E-state index in [1.807, 2.05) is 4.90 Å². The third-order valence-corrected chi connectivity index (χ3v) is 4.55. The van der Waals surface area contributed by atoms with Crippen LogP contribution in [0.2, 0.25) is 4.34 Å². The lowest BCUT2D eigenvalue weighted by Gasteiger charge is -2.22. The molecule has 1 fully saturated rings. The number of alkyl halides is 1. The molecule has 0 saturated carbocycles. The maximum Gasteiger partial charge on any atom is 0.247 e. The van der Waals surface area contributed by atoms with Crippen LogP contribution in [0.3, 0.4) is 0 Å². The van der Waals surface area contributed by atoms with Crippen LogP contribution in [0.5, 0.6) is 0 Å². The van der Waals surface area contributed by atoms with Crippen molar-refractivity contribution in [3.8, 4) is 0 Å². The first-order chi connectivity index (χ1) is 8.18. The van der Waals surface area contributed by atoms with Crippen molar-refractivity contribution in [3.63, 3.8) is 0 Å². The maximum atomic E-state index is 12.2. The molecule has 1 amide bonds. The van der Waals surface area contributed by atoms with Crippen LogP contribution in [0.25, 0.3) is 0 Å². The van der Waals surface area contributed by atoms with Gasteiger partial charge in [-0.05, 0) is 12.8 Å². The van der Waals surface area contributed by atoms with Crippen molar-refractivity contribution in [1.82, 2.24) is 9.88 Å². The summed E-state index contributed by atoms with van der Waals surface area (Å²) < 4.78 is 0.564. The van der Waals surface area contributed by atoms with Crippen LogP contribution < -0.4 is 0 Å². The highest BCUT2D eigenvalue weighted by atomic mass is 35.5. The minimum absolute atomic E-state index is 0.0421. The van der Waals surface area contributed by atoms with Gasteiger partial charge in [0.25, 0.3) is 0 Å². The molecule has 2 heterocycles. The summed E-state index contributed by atoms with van der Waals surface area (Å²) in [6, 6.07) is 0. The molecule has 1 unspecified atom stereocenters. The Morgan fingerprint density at radius 2 is 2.00 bits per heavy atom. The minimum Gasteiger partial charge on any atom is -0.341 e. The zero-order chi connectivity index (χ0) is 12.3. The van der Waals surface area contributed by atoms with Crippen LogP contribution in [-0.2, 0) is 4.79 Å². The van der Waals surface area contributed by atoms with E-state index in [2.05, 4.69) is 4.98 Å². The van der Waals surface area contributed by atoms with Crippen molar-refractivity contribution in [2.75, 3.05) is 13.1 Å². The monoisotopic (exact) mass is 292 g/mol. The molecule has 1 aromatic rings. The number of amides is 1. The van der Waals surface area contributed by atoms with E-state index >= 15 is 0 Å². The van der Waals surface area contributed by atoms with E-state index in [9.17, 15) is 4.79 Å². The Hall–Kier alpha value is -0.320. The average molecular weight is 293 g/mol. The quantitative estimate of drug-likeness (QED) is 0.782. The number of aromatic nitrogens is 1. The molecule has 1 aliphatic heterocycles. The number of carbonyl (C=O) groups excluding carboxylic acids is 1. The van der Waals surface area contributed by atoms with Crippen molar-refractivity contribution in [2.45, 2.75) is 31.1 Å². The molecular weight excluding hydrogens is 279 g/mol. The molecule has 94 valence electrons. The largest absolute Gasteiger partial charge is 0.341 e. The van der Waals surface area contributed by atoms with Crippen LogP contribution in [0.4, 0.5) is 0 Å². The molecule has 0 spiro atoms. The molecule has 17 heavy (non-hydrogen) atoms. The molecule has 1 aliphatic rings. The summed E-state index contributed by atoms with van der Waals surface area (Å²) in [5.74, 6) is -0.0421. The van der Waals surface area contributed by atoms with Gasteiger partial charge in [-0.3, -0.25) is 4.79 Å². The normalized spacial score (nSPS) is 18.8. The van der Waals surface area contributed by atoms with Gasteiger partial charge in [-0.15, -0.1) is 22.9 Å². The Labute approximate surface area is 115 Å². The topological polar surface area (TPSA) is 33.2 Å². The van der Waals surface area contributed by atoms with Gasteiger partial charge in [-0.2, -0.15) is 0 Å². The van der Waals surface area contributed by atoms with Crippen LogP contribution in [0.1, 0.15) is 36.1 Å². The molecule has 6 heteroatoms. The Morgan fingerprint density at radius 1 is 1.35 bits per heavy atom. The van der Waals surface area contributed by atoms with E-state index in [4.69, 9.17) is 23.2 Å². The second-order valence-corrected chi connectivity index (χ2v) is 6.23. The van der Waals surface area contributed by atoms with E-state index in [0.717, 1.165) is 25.9 Å². The Kier molecular flexibility index (Phi) is 4.65. The van der Waals surface area contributed by atoms with Gasteiger partial charge in [-0.1, -0.05) is 24.4 Å². The van der Waals surface area contributed by atoms with Gasteiger partial charge in [-0.25, -0.2) is 4.98 Å². The molecule has 0 radical (unpaired) electrons. The van der Waals surface area contributed by atoms with Gasteiger partial charge in [0.2, 0.25) is 5.91 Å². The fourth-order valence-electron chi connectivity index (χ4n) is 1.94. The second kappa shape index (κ2) is 6.03. The van der Waals surface area contributed by atoms with Gasteiger partial charge in [0.05, 0.1) is 6.20 Å². The zero-order valence-electron chi connectivity index (χ0n) is 9.36. The zero-order valence-corrected chi connectivity index (χ0v) is 11.7. The van der Waals surface area contributed by atoms with Crippen LogP contribution >= 0.6 is 34.5 Å². The molecule has 2 rings (SSSR count). The van der Waals surface area contributed by atoms with Gasteiger partial charge in [0.1, 0.15) is 9.34 Å². The summed E-state index contributed by atoms with van der Waals surface area (Å²) in [5.41, 5.74) is 0. The van der Waals surface area contributed by atoms with E-state index in [1.165, 1.54) is 30.4 Å². The molecular formula is C11H14Cl2N2OS. The highest BCUT2D eigenvalue weighted by Crippen LogP contribution is 2.30. The summed E-state index contributed by atoms with van der Waals surface area (Å²) in [6.07, 6.45) is 6.05. The summed E-state index contributed by atoms with van der Waals surface area (Å²) in [6.45, 7) is 1.61. The molecule has 0 bridgehead atoms. The first-order valence-electron chi connectivity index (χ1n) is 5.72. The number of halogens is 2. The molecule has 1 saturated heterocycles. The van der Waals surface area contributed by atoms with E-state index in [0.29, 0.717) is 9.34 Å². The van der Waals surface area contributed by atoms with Gasteiger partial charge >= 0.3 is 0 Å². The summed E-state index contributed by atoms with van der Waals surface area (Å²) >= 11 is 13.2. The number of hydrogen-bond donors (Lipinski definition) is 0. The van der Waals surface area contributed by atoms with E-state index in [1.54, 1.807) is 0 Å². The first-order valence-corrected chi connectivity index (χ1v) is 7.35. The predicted molar refractivity (Wildman–Crippen MR) is 70.8 cm³/mol. The minimum atomic E-state index is -0.689. The second-order valence-electron chi connectivity index (χ2n) is 4.10. The molecule has 3 nitrogen and oxygen atoms in total. The third-order valence-electron chi connectivity index (χ3n) is 2.85. The molecule has 0 aliphatic carbocycles. The first kappa shape index (κ1) is 13.1. The molecule has 0 N–H and O–H groups in total. The number of carbonyl (C=O) groups is 1. The fourth-order valence-corrected chi connectivity index (χ4v) is 3.17. The Morgan fingerprint density at radius 3 is 2.53 bits per heavy atom. The van der Waals surface area contributed by atoms with Gasteiger partial charge < -0.3 is 4.90 Å². The van der Waals surface area contributed by atoms with Crippen molar-refractivity contribution in [3.05, 3.63) is 15.5 Å².